The van der Waals surface area contributed by atoms with E-state index in [-0.39, 0.29) is 34.7 Å². The van der Waals surface area contributed by atoms with Crippen LogP contribution in [-0.2, 0) is 14.6 Å². The summed E-state index contributed by atoms with van der Waals surface area (Å²) in [7, 11) is -3.57. The monoisotopic (exact) mass is 381 g/mol. The quantitative estimate of drug-likeness (QED) is 0.757. The van der Waals surface area contributed by atoms with Crippen molar-refractivity contribution < 1.29 is 18.0 Å². The van der Waals surface area contributed by atoms with E-state index in [1.54, 1.807) is 30.9 Å². The lowest BCUT2D eigenvalue weighted by atomic mass is 9.96. The molecule has 8 heteroatoms. The van der Waals surface area contributed by atoms with Gasteiger partial charge in [-0.2, -0.15) is 0 Å². The predicted molar refractivity (Wildman–Crippen MR) is 99.5 cm³/mol. The molecule has 3 N–H and O–H groups in total. The highest BCUT2D eigenvalue weighted by molar-refractivity contribution is 7.92. The summed E-state index contributed by atoms with van der Waals surface area (Å²) in [5, 5.41) is 2.14. The first-order valence-electron chi connectivity index (χ1n) is 8.89. The number of hydrogen-bond donors (Lipinski definition) is 2. The van der Waals surface area contributed by atoms with Gasteiger partial charge < -0.3 is 16.0 Å². The van der Waals surface area contributed by atoms with E-state index >= 15 is 0 Å². The Morgan fingerprint density at radius 1 is 1.31 bits per heavy atom. The SMILES string of the molecule is CC(C)S(=O)(=O)c1ccccc1C(=O)N1CCCC(C(=O)NCCN)C1. The van der Waals surface area contributed by atoms with E-state index in [1.807, 2.05) is 0 Å². The molecule has 2 rings (SSSR count). The molecule has 1 saturated heterocycles. The van der Waals surface area contributed by atoms with Crippen molar-refractivity contribution in [2.75, 3.05) is 26.2 Å². The maximum absolute atomic E-state index is 13.0. The van der Waals surface area contributed by atoms with E-state index in [9.17, 15) is 18.0 Å². The number of amides is 2. The van der Waals surface area contributed by atoms with E-state index < -0.39 is 15.1 Å². The second kappa shape index (κ2) is 8.64. The smallest absolute Gasteiger partial charge is 0.255 e. The number of carbonyl (C=O) groups is 2. The summed E-state index contributed by atoms with van der Waals surface area (Å²) < 4.78 is 25.2. The van der Waals surface area contributed by atoms with Gasteiger partial charge >= 0.3 is 0 Å². The molecule has 1 aromatic rings. The van der Waals surface area contributed by atoms with Crippen LogP contribution in [0.1, 0.15) is 37.0 Å². The Morgan fingerprint density at radius 3 is 2.65 bits per heavy atom. The van der Waals surface area contributed by atoms with Gasteiger partial charge in [0.1, 0.15) is 0 Å². The number of nitrogens with two attached hydrogens (primary N) is 1. The molecule has 1 aliphatic heterocycles. The van der Waals surface area contributed by atoms with Crippen LogP contribution in [0.3, 0.4) is 0 Å². The summed E-state index contributed by atoms with van der Waals surface area (Å²) in [5.74, 6) is -0.759. The van der Waals surface area contributed by atoms with E-state index in [4.69, 9.17) is 5.73 Å². The van der Waals surface area contributed by atoms with Crippen molar-refractivity contribution in [2.45, 2.75) is 36.8 Å². The van der Waals surface area contributed by atoms with Gasteiger partial charge in [-0.05, 0) is 38.8 Å². The number of rotatable bonds is 6. The molecule has 1 unspecified atom stereocenters. The van der Waals surface area contributed by atoms with Gasteiger partial charge in [0.05, 0.1) is 21.6 Å². The number of hydrogen-bond acceptors (Lipinski definition) is 5. The van der Waals surface area contributed by atoms with Gasteiger partial charge in [-0.1, -0.05) is 12.1 Å². The van der Waals surface area contributed by atoms with Crippen molar-refractivity contribution in [3.8, 4) is 0 Å². The number of benzene rings is 1. The molecule has 26 heavy (non-hydrogen) atoms. The van der Waals surface area contributed by atoms with Crippen molar-refractivity contribution in [3.05, 3.63) is 29.8 Å². The summed E-state index contributed by atoms with van der Waals surface area (Å²) in [6.45, 7) is 4.74. The Hall–Kier alpha value is -1.93. The third kappa shape index (κ3) is 4.42. The fraction of sp³-hybridized carbons (Fsp3) is 0.556. The minimum absolute atomic E-state index is 0.0507. The largest absolute Gasteiger partial charge is 0.355 e. The Kier molecular flexibility index (Phi) is 6.77. The van der Waals surface area contributed by atoms with Crippen LogP contribution in [0.4, 0.5) is 0 Å². The number of likely N-dealkylation sites (tertiary alicyclic amines) is 1. The number of nitrogens with zero attached hydrogens (tertiary/aromatic N) is 1. The van der Waals surface area contributed by atoms with Crippen LogP contribution in [0, 0.1) is 5.92 Å². The zero-order chi connectivity index (χ0) is 19.3. The summed E-state index contributed by atoms with van der Waals surface area (Å²) in [4.78, 5) is 26.8. The second-order valence-corrected chi connectivity index (χ2v) is 9.23. The minimum Gasteiger partial charge on any atom is -0.355 e. The van der Waals surface area contributed by atoms with E-state index in [1.165, 1.54) is 12.1 Å². The highest BCUT2D eigenvalue weighted by Crippen LogP contribution is 2.24. The Bertz CT molecular complexity index is 761. The first kappa shape index (κ1) is 20.4. The van der Waals surface area contributed by atoms with Crippen LogP contribution < -0.4 is 11.1 Å². The van der Waals surface area contributed by atoms with E-state index in [2.05, 4.69) is 5.32 Å². The van der Waals surface area contributed by atoms with Crippen molar-refractivity contribution in [1.82, 2.24) is 10.2 Å². The summed E-state index contributed by atoms with van der Waals surface area (Å²) in [5.41, 5.74) is 5.57. The molecule has 0 spiro atoms. The van der Waals surface area contributed by atoms with Gasteiger partial charge in [-0.25, -0.2) is 8.42 Å². The third-order valence-electron chi connectivity index (χ3n) is 4.57. The molecule has 0 aliphatic carbocycles. The molecular formula is C18H27N3O4S. The normalized spacial score (nSPS) is 18.0. The summed E-state index contributed by atoms with van der Waals surface area (Å²) >= 11 is 0. The van der Waals surface area contributed by atoms with Gasteiger partial charge in [-0.15, -0.1) is 0 Å². The molecule has 2 amide bonds. The van der Waals surface area contributed by atoms with Crippen molar-refractivity contribution in [2.24, 2.45) is 11.7 Å². The third-order valence-corrected chi connectivity index (χ3v) is 6.78. The van der Waals surface area contributed by atoms with E-state index in [0.29, 0.717) is 32.5 Å². The van der Waals surface area contributed by atoms with Crippen LogP contribution in [0.15, 0.2) is 29.2 Å². The van der Waals surface area contributed by atoms with Crippen LogP contribution in [0.25, 0.3) is 0 Å². The first-order chi connectivity index (χ1) is 12.3. The second-order valence-electron chi connectivity index (χ2n) is 6.76. The lowest BCUT2D eigenvalue weighted by molar-refractivity contribution is -0.126. The highest BCUT2D eigenvalue weighted by Gasteiger charge is 2.32. The molecule has 0 saturated carbocycles. The van der Waals surface area contributed by atoms with Crippen LogP contribution in [0.5, 0.6) is 0 Å². The maximum Gasteiger partial charge on any atom is 0.255 e. The van der Waals surface area contributed by atoms with Crippen LogP contribution >= 0.6 is 0 Å². The van der Waals surface area contributed by atoms with Crippen molar-refractivity contribution in [3.63, 3.8) is 0 Å². The van der Waals surface area contributed by atoms with Gasteiger partial charge in [0.2, 0.25) is 5.91 Å². The molecule has 1 fully saturated rings. The minimum atomic E-state index is -3.57. The van der Waals surface area contributed by atoms with Gasteiger partial charge in [0.15, 0.2) is 9.84 Å². The predicted octanol–water partition coefficient (Wildman–Crippen LogP) is 0.796. The van der Waals surface area contributed by atoms with Crippen LogP contribution in [0.2, 0.25) is 0 Å². The molecular weight excluding hydrogens is 354 g/mol. The summed E-state index contributed by atoms with van der Waals surface area (Å²) in [6, 6.07) is 6.28. The molecule has 7 nitrogen and oxygen atoms in total. The Balaban J connectivity index is 2.23. The lowest BCUT2D eigenvalue weighted by Gasteiger charge is -2.32. The van der Waals surface area contributed by atoms with Crippen LogP contribution in [-0.4, -0.2) is 56.6 Å². The summed E-state index contributed by atoms with van der Waals surface area (Å²) in [6.07, 6.45) is 1.40. The zero-order valence-corrected chi connectivity index (χ0v) is 16.1. The average Bonchev–Trinajstić information content (AvgIpc) is 2.65. The van der Waals surface area contributed by atoms with Crippen molar-refractivity contribution >= 4 is 21.7 Å². The number of piperidine rings is 1. The molecule has 0 radical (unpaired) electrons. The Morgan fingerprint density at radius 2 is 2.00 bits per heavy atom. The molecule has 144 valence electrons. The van der Waals surface area contributed by atoms with E-state index in [0.717, 1.165) is 0 Å². The molecule has 1 atom stereocenters. The zero-order valence-electron chi connectivity index (χ0n) is 15.3. The molecule has 0 aromatic heterocycles. The molecule has 1 heterocycles. The van der Waals surface area contributed by atoms with Crippen molar-refractivity contribution in [1.29, 1.82) is 0 Å². The van der Waals surface area contributed by atoms with Gasteiger partial charge in [0, 0.05) is 26.2 Å². The lowest BCUT2D eigenvalue weighted by Crippen LogP contribution is -2.46. The molecule has 0 bridgehead atoms. The fourth-order valence-electron chi connectivity index (χ4n) is 3.03. The van der Waals surface area contributed by atoms with Gasteiger partial charge in [0.25, 0.3) is 5.91 Å². The standard InChI is InChI=1S/C18H27N3O4S/c1-13(2)26(24,25)16-8-4-3-7-15(16)18(23)21-11-5-6-14(12-21)17(22)20-10-9-19/h3-4,7-8,13-14H,5-6,9-12,19H2,1-2H3,(H,20,22). The average molecular weight is 381 g/mol. The number of sulfone groups is 1. The maximum atomic E-state index is 13.0. The fourth-order valence-corrected chi connectivity index (χ4v) is 4.27. The first-order valence-corrected chi connectivity index (χ1v) is 10.4. The number of nitrogens with one attached hydrogen (secondary N) is 1. The molecule has 1 aliphatic rings. The molecule has 1 aromatic carbocycles. The highest BCUT2D eigenvalue weighted by atomic mass is 32.2. The Labute approximate surface area is 154 Å². The topological polar surface area (TPSA) is 110 Å². The van der Waals surface area contributed by atoms with Gasteiger partial charge in [-0.3, -0.25) is 9.59 Å². The number of carbonyl (C=O) groups excluding carboxylic acids is 2.